The van der Waals surface area contributed by atoms with Gasteiger partial charge in [-0.3, -0.25) is 0 Å². The fourth-order valence-electron chi connectivity index (χ4n) is 2.79. The molecule has 168 valence electrons. The smallest absolute Gasteiger partial charge is 0.417 e. The summed E-state index contributed by atoms with van der Waals surface area (Å²) in [5.41, 5.74) is 0.0580. The number of halogens is 6. The number of aliphatic hydroxyl groups excluding tert-OH is 1. The fraction of sp³-hybridized carbons (Fsp3) is 0.211. The summed E-state index contributed by atoms with van der Waals surface area (Å²) < 4.78 is 45.9. The number of benzene rings is 1. The zero-order chi connectivity index (χ0) is 23.2. The summed E-state index contributed by atoms with van der Waals surface area (Å²) in [5, 5.41) is 18.5. The largest absolute Gasteiger partial charge is 0.487 e. The van der Waals surface area contributed by atoms with E-state index in [4.69, 9.17) is 44.6 Å². The molecule has 0 bridgehead atoms. The average molecular weight is 524 g/mol. The van der Waals surface area contributed by atoms with Gasteiger partial charge in [0.15, 0.2) is 10.7 Å². The van der Waals surface area contributed by atoms with Crippen LogP contribution >= 0.6 is 46.1 Å². The van der Waals surface area contributed by atoms with Gasteiger partial charge in [0.2, 0.25) is 0 Å². The number of fused-ring (bicyclic) bond motifs is 1. The Morgan fingerprint density at radius 3 is 2.47 bits per heavy atom. The van der Waals surface area contributed by atoms with Crippen LogP contribution in [0.1, 0.15) is 12.5 Å². The second-order valence-corrected chi connectivity index (χ2v) is 8.92. The van der Waals surface area contributed by atoms with Gasteiger partial charge in [-0.2, -0.15) is 13.2 Å². The monoisotopic (exact) mass is 522 g/mol. The van der Waals surface area contributed by atoms with Crippen LogP contribution in [-0.2, 0) is 6.18 Å². The lowest BCUT2D eigenvalue weighted by molar-refractivity contribution is -0.137. The van der Waals surface area contributed by atoms with Crippen LogP contribution in [0.4, 0.5) is 13.2 Å². The Kier molecular flexibility index (Phi) is 6.25. The first-order chi connectivity index (χ1) is 15.1. The van der Waals surface area contributed by atoms with Gasteiger partial charge in [-0.05, 0) is 19.1 Å². The van der Waals surface area contributed by atoms with Crippen molar-refractivity contribution in [3.05, 3.63) is 51.2 Å². The van der Waals surface area contributed by atoms with E-state index in [1.165, 1.54) is 16.7 Å². The van der Waals surface area contributed by atoms with Crippen LogP contribution in [0.15, 0.2) is 30.6 Å². The number of pyridine rings is 1. The van der Waals surface area contributed by atoms with Crippen LogP contribution in [-0.4, -0.2) is 37.4 Å². The zero-order valence-electron chi connectivity index (χ0n) is 16.0. The molecule has 13 heteroatoms. The summed E-state index contributed by atoms with van der Waals surface area (Å²) >= 11 is 19.7. The number of nitrogens with zero attached hydrogens (tertiary/aromatic N) is 4. The zero-order valence-corrected chi connectivity index (χ0v) is 19.1. The van der Waals surface area contributed by atoms with Gasteiger partial charge in [0, 0.05) is 24.0 Å². The van der Waals surface area contributed by atoms with Crippen LogP contribution in [0, 0.1) is 0 Å². The van der Waals surface area contributed by atoms with E-state index in [9.17, 15) is 13.2 Å². The molecular weight excluding hydrogens is 512 g/mol. The van der Waals surface area contributed by atoms with E-state index in [2.05, 4.69) is 15.2 Å². The first kappa shape index (κ1) is 23.1. The summed E-state index contributed by atoms with van der Waals surface area (Å²) in [6.45, 7) is 1.48. The van der Waals surface area contributed by atoms with Crippen LogP contribution in [0.2, 0.25) is 15.1 Å². The van der Waals surface area contributed by atoms with Crippen molar-refractivity contribution in [3.63, 3.8) is 0 Å². The highest BCUT2D eigenvalue weighted by Gasteiger charge is 2.32. The number of rotatable bonds is 5. The molecule has 0 fully saturated rings. The van der Waals surface area contributed by atoms with Gasteiger partial charge >= 0.3 is 6.18 Å². The van der Waals surface area contributed by atoms with Crippen molar-refractivity contribution in [1.82, 2.24) is 19.6 Å². The molecule has 0 amide bonds. The predicted octanol–water partition coefficient (Wildman–Crippen LogP) is 6.26. The van der Waals surface area contributed by atoms with Gasteiger partial charge in [0.25, 0.3) is 0 Å². The summed E-state index contributed by atoms with van der Waals surface area (Å²) in [5.74, 6) is 0.308. The summed E-state index contributed by atoms with van der Waals surface area (Å²) in [6.07, 6.45) is -2.72. The molecule has 4 aromatic rings. The Morgan fingerprint density at radius 1 is 1.06 bits per heavy atom. The van der Waals surface area contributed by atoms with Crippen molar-refractivity contribution < 1.29 is 23.0 Å². The average Bonchev–Trinajstić information content (AvgIpc) is 3.37. The number of ether oxygens (including phenoxy) is 1. The molecule has 1 aromatic carbocycles. The number of hydrogen-bond donors (Lipinski definition) is 1. The van der Waals surface area contributed by atoms with E-state index in [-0.39, 0.29) is 22.3 Å². The first-order valence-corrected chi connectivity index (χ1v) is 10.9. The minimum Gasteiger partial charge on any atom is -0.487 e. The lowest BCUT2D eigenvalue weighted by atomic mass is 10.2. The molecule has 0 aliphatic carbocycles. The number of aliphatic hydroxyl groups is 1. The maximum absolute atomic E-state index is 13.0. The molecule has 0 spiro atoms. The van der Waals surface area contributed by atoms with Crippen molar-refractivity contribution in [1.29, 1.82) is 0 Å². The summed E-state index contributed by atoms with van der Waals surface area (Å²) in [7, 11) is 0. The molecular formula is C19H12Cl3F3N4O2S. The van der Waals surface area contributed by atoms with Crippen LogP contribution in [0.3, 0.4) is 0 Å². The van der Waals surface area contributed by atoms with Crippen LogP contribution < -0.4 is 4.74 Å². The van der Waals surface area contributed by atoms with E-state index in [1.807, 2.05) is 0 Å². The van der Waals surface area contributed by atoms with E-state index in [0.717, 1.165) is 23.6 Å². The fourth-order valence-corrected chi connectivity index (χ4v) is 4.38. The second kappa shape index (κ2) is 8.68. The Labute approximate surface area is 198 Å². The standard InChI is InChI=1S/C19H12Cl3F3N4O2S/c1-8(7-30)31-15-4-11(20)10(3-12(15)21)17-27-28-18(32-17)14-6-29-5-9(19(23,24)25)2-13(22)16(29)26-14/h2-6,8,30H,7H2,1H3. The van der Waals surface area contributed by atoms with Gasteiger partial charge in [-0.15, -0.1) is 10.2 Å². The quantitative estimate of drug-likeness (QED) is 0.334. The third-order valence-corrected chi connectivity index (χ3v) is 6.18. The van der Waals surface area contributed by atoms with Crippen molar-refractivity contribution in [2.75, 3.05) is 6.61 Å². The molecule has 0 saturated heterocycles. The van der Waals surface area contributed by atoms with Gasteiger partial charge in [-0.1, -0.05) is 46.1 Å². The minimum absolute atomic E-state index is 0.140. The van der Waals surface area contributed by atoms with Crippen molar-refractivity contribution in [2.24, 2.45) is 0 Å². The van der Waals surface area contributed by atoms with E-state index < -0.39 is 17.8 Å². The van der Waals surface area contributed by atoms with E-state index in [0.29, 0.717) is 32.0 Å². The summed E-state index contributed by atoms with van der Waals surface area (Å²) in [4.78, 5) is 4.28. The topological polar surface area (TPSA) is 72.5 Å². The normalized spacial score (nSPS) is 13.0. The molecule has 1 atom stereocenters. The molecule has 32 heavy (non-hydrogen) atoms. The number of aromatic nitrogens is 4. The molecule has 0 radical (unpaired) electrons. The molecule has 1 unspecified atom stereocenters. The molecule has 6 nitrogen and oxygen atoms in total. The number of alkyl halides is 3. The lowest BCUT2D eigenvalue weighted by Crippen LogP contribution is -2.16. The predicted molar refractivity (Wildman–Crippen MR) is 117 cm³/mol. The third-order valence-electron chi connectivity index (χ3n) is 4.31. The van der Waals surface area contributed by atoms with Gasteiger partial charge in [-0.25, -0.2) is 4.98 Å². The number of hydrogen-bond acceptors (Lipinski definition) is 6. The van der Waals surface area contributed by atoms with Crippen LogP contribution in [0.5, 0.6) is 5.75 Å². The Morgan fingerprint density at radius 2 is 1.78 bits per heavy atom. The third kappa shape index (κ3) is 4.51. The minimum atomic E-state index is -4.54. The molecule has 0 aliphatic rings. The first-order valence-electron chi connectivity index (χ1n) is 8.93. The van der Waals surface area contributed by atoms with Crippen molar-refractivity contribution in [3.8, 4) is 27.0 Å². The molecule has 3 aromatic heterocycles. The molecule has 0 aliphatic heterocycles. The van der Waals surface area contributed by atoms with E-state index in [1.54, 1.807) is 13.0 Å². The lowest BCUT2D eigenvalue weighted by Gasteiger charge is -2.14. The SMILES string of the molecule is CC(CO)Oc1cc(Cl)c(-c2nnc(-c3cn4cc(C(F)(F)F)cc(Cl)c4n3)s2)cc1Cl. The second-order valence-electron chi connectivity index (χ2n) is 6.72. The Bertz CT molecular complexity index is 1310. The maximum atomic E-state index is 13.0. The number of imidazole rings is 1. The highest BCUT2D eigenvalue weighted by molar-refractivity contribution is 7.18. The van der Waals surface area contributed by atoms with Crippen molar-refractivity contribution in [2.45, 2.75) is 19.2 Å². The van der Waals surface area contributed by atoms with Crippen LogP contribution in [0.25, 0.3) is 26.9 Å². The van der Waals surface area contributed by atoms with Gasteiger partial charge in [0.1, 0.15) is 22.6 Å². The molecule has 0 saturated carbocycles. The highest BCUT2D eigenvalue weighted by atomic mass is 35.5. The maximum Gasteiger partial charge on any atom is 0.417 e. The van der Waals surface area contributed by atoms with Gasteiger partial charge in [0.05, 0.1) is 27.2 Å². The molecule has 1 N–H and O–H groups in total. The molecule has 3 heterocycles. The Balaban J connectivity index is 1.69. The molecule has 4 rings (SSSR count). The highest BCUT2D eigenvalue weighted by Crippen LogP contribution is 2.40. The summed E-state index contributed by atoms with van der Waals surface area (Å²) in [6, 6.07) is 3.89. The van der Waals surface area contributed by atoms with Crippen molar-refractivity contribution >= 4 is 51.8 Å². The Hall–Kier alpha value is -2.11. The van der Waals surface area contributed by atoms with E-state index >= 15 is 0 Å². The van der Waals surface area contributed by atoms with Gasteiger partial charge < -0.3 is 14.2 Å².